The first kappa shape index (κ1) is 30.5. The van der Waals surface area contributed by atoms with Gasteiger partial charge in [0.1, 0.15) is 22.8 Å². The number of H-pyrrole nitrogens is 1. The molecule has 0 aliphatic carbocycles. The molecule has 0 saturated carbocycles. The van der Waals surface area contributed by atoms with Gasteiger partial charge in [-0.25, -0.2) is 14.6 Å². The summed E-state index contributed by atoms with van der Waals surface area (Å²) in [4.78, 5) is 60.4. The number of nitrogens with one attached hydrogen (secondary N) is 2. The summed E-state index contributed by atoms with van der Waals surface area (Å²) in [7, 11) is 0. The van der Waals surface area contributed by atoms with Crippen molar-refractivity contribution >= 4 is 92.8 Å². The van der Waals surface area contributed by atoms with Crippen LogP contribution in [0.25, 0.3) is 5.52 Å². The van der Waals surface area contributed by atoms with E-state index in [9.17, 15) is 29.4 Å². The predicted octanol–water partition coefficient (Wildman–Crippen LogP) is -0.291. The number of β-lactam (4-membered cyclic amide) rings is 1. The van der Waals surface area contributed by atoms with Crippen molar-refractivity contribution in [2.75, 3.05) is 11.5 Å². The Balaban J connectivity index is 0.00000387. The first-order valence-corrected chi connectivity index (χ1v) is 13.8. The van der Waals surface area contributed by atoms with E-state index in [0.717, 1.165) is 22.4 Å². The van der Waals surface area contributed by atoms with E-state index in [0.29, 0.717) is 17.7 Å². The molecule has 3 aromatic heterocycles. The van der Waals surface area contributed by atoms with Gasteiger partial charge >= 0.3 is 41.5 Å². The number of nitrogen functional groups attached to an aromatic ring is 1. The molecule has 1 fully saturated rings. The Labute approximate surface area is 262 Å². The number of aromatic amines is 1. The third kappa shape index (κ3) is 5.83. The Morgan fingerprint density at radius 3 is 2.76 bits per heavy atom. The van der Waals surface area contributed by atoms with E-state index in [-0.39, 0.29) is 51.8 Å². The number of oxime groups is 1. The maximum atomic E-state index is 13.2. The van der Waals surface area contributed by atoms with E-state index in [2.05, 4.69) is 20.6 Å². The summed E-state index contributed by atoms with van der Waals surface area (Å²) < 4.78 is 1.81. The predicted molar refractivity (Wildman–Crippen MR) is 150 cm³/mol. The van der Waals surface area contributed by atoms with E-state index in [1.54, 1.807) is 6.20 Å². The number of rotatable bonds is 9. The van der Waals surface area contributed by atoms with Crippen LogP contribution in [0, 0.1) is 0 Å². The Morgan fingerprint density at radius 2 is 2.10 bits per heavy atom. The van der Waals surface area contributed by atoms with E-state index in [1.807, 2.05) is 28.9 Å². The summed E-state index contributed by atoms with van der Waals surface area (Å²) in [5.74, 6) is -3.68. The number of thiazole rings is 1. The summed E-state index contributed by atoms with van der Waals surface area (Å²) in [6.07, 6.45) is 3.95. The van der Waals surface area contributed by atoms with Crippen LogP contribution in [0.2, 0.25) is 0 Å². The molecule has 17 heteroatoms. The van der Waals surface area contributed by atoms with Crippen LogP contribution in [0.5, 0.6) is 0 Å². The molecule has 6 N–H and O–H groups in total. The molecule has 2 amide bonds. The molecule has 0 bridgehead atoms. The molecule has 1 saturated heterocycles. The summed E-state index contributed by atoms with van der Waals surface area (Å²) in [6.45, 7) is 2.50. The van der Waals surface area contributed by atoms with Crippen LogP contribution in [0.1, 0.15) is 25.1 Å². The van der Waals surface area contributed by atoms with Gasteiger partial charge in [-0.3, -0.25) is 14.5 Å². The molecule has 3 aromatic rings. The second-order valence-electron chi connectivity index (χ2n) is 9.47. The number of amides is 2. The molecule has 0 spiro atoms. The second-order valence-corrected chi connectivity index (χ2v) is 11.5. The van der Waals surface area contributed by atoms with Crippen LogP contribution in [0.15, 0.2) is 52.4 Å². The summed E-state index contributed by atoms with van der Waals surface area (Å²) in [5.41, 5.74) is 5.81. The second kappa shape index (κ2) is 11.8. The Morgan fingerprint density at radius 1 is 1.34 bits per heavy atom. The average Bonchev–Trinajstić information content (AvgIpc) is 3.53. The van der Waals surface area contributed by atoms with E-state index < -0.39 is 40.8 Å². The van der Waals surface area contributed by atoms with Crippen molar-refractivity contribution in [3.63, 3.8) is 0 Å². The molecule has 2 atom stereocenters. The zero-order chi connectivity index (χ0) is 28.8. The first-order chi connectivity index (χ1) is 19.0. The molecule has 210 valence electrons. The van der Waals surface area contributed by atoms with Crippen molar-refractivity contribution < 1.29 is 38.7 Å². The van der Waals surface area contributed by atoms with Gasteiger partial charge in [-0.2, -0.15) is 5.10 Å². The number of carbonyl (C=O) groups excluding carboxylic acids is 2. The van der Waals surface area contributed by atoms with Crippen molar-refractivity contribution in [2.24, 2.45) is 5.16 Å². The van der Waals surface area contributed by atoms with Gasteiger partial charge in [-0.1, -0.05) is 9.67 Å². The third-order valence-electron chi connectivity index (χ3n) is 6.37. The van der Waals surface area contributed by atoms with Gasteiger partial charge in [0.25, 0.3) is 11.8 Å². The van der Waals surface area contributed by atoms with Gasteiger partial charge in [0.05, 0.1) is 11.8 Å². The van der Waals surface area contributed by atoms with Crippen LogP contribution in [0.4, 0.5) is 5.13 Å². The zero-order valence-corrected chi connectivity index (χ0v) is 22.8. The fourth-order valence-electron chi connectivity index (χ4n) is 4.24. The fraction of sp³-hybridized carbons (Fsp3) is 0.292. The number of hydrogen-bond donors (Lipinski definition) is 5. The minimum absolute atomic E-state index is 0. The number of hydrogen-bond acceptors (Lipinski definition) is 10. The van der Waals surface area contributed by atoms with Gasteiger partial charge in [0, 0.05) is 29.7 Å². The van der Waals surface area contributed by atoms with Gasteiger partial charge in [-0.05, 0) is 25.5 Å². The van der Waals surface area contributed by atoms with Crippen molar-refractivity contribution in [3.8, 4) is 0 Å². The standard InChI is InChI=1S/C24H23N7O7S2.Na.H/c1-24(2,22(36)37)38-29-15(13-10-40-23(25)27-13)18(32)28-16-19(33)31-17(21(34)35)12(9-39-20(16)31)7-11-8-26-30-6-4-3-5-14(11)30;;/h3-6,8,10,16,20H,7,9H2,1-2H3,(H5,25,27,28,32,34,35,36,37);;/p+1/b29-15-;;/t16-,20-;;/m1../s1. The number of pyridine rings is 1. The molecule has 2 aliphatic rings. The molecule has 0 radical (unpaired) electrons. The number of fused-ring (bicyclic) bond motifs is 2. The van der Waals surface area contributed by atoms with Gasteiger partial charge < -0.3 is 26.1 Å². The van der Waals surface area contributed by atoms with Crippen LogP contribution < -0.4 is 15.6 Å². The number of carboxylic acids is 2. The maximum absolute atomic E-state index is 13.2. The molecular formula is C24H25N7NaO7S2+. The number of nitrogens with zero attached hydrogens (tertiary/aromatic N) is 4. The van der Waals surface area contributed by atoms with Crippen LogP contribution >= 0.6 is 23.1 Å². The van der Waals surface area contributed by atoms with Crippen LogP contribution in [-0.2, 0) is 30.4 Å². The van der Waals surface area contributed by atoms with Gasteiger partial charge in [0.2, 0.25) is 11.1 Å². The molecular weight excluding hydrogens is 585 g/mol. The summed E-state index contributed by atoms with van der Waals surface area (Å²) >= 11 is 2.36. The normalized spacial score (nSPS) is 18.8. The monoisotopic (exact) mass is 610 g/mol. The number of aliphatic carboxylic acids is 2. The third-order valence-corrected chi connectivity index (χ3v) is 8.38. The number of anilines is 1. The molecule has 0 unspecified atom stereocenters. The van der Waals surface area contributed by atoms with E-state index in [1.165, 1.54) is 35.9 Å². The summed E-state index contributed by atoms with van der Waals surface area (Å²) in [5, 5.41) is 29.6. The molecule has 2 aliphatic heterocycles. The van der Waals surface area contributed by atoms with Gasteiger partial charge in [-0.15, -0.1) is 23.1 Å². The minimum atomic E-state index is -1.75. The van der Waals surface area contributed by atoms with Crippen molar-refractivity contribution in [1.82, 2.24) is 20.3 Å². The number of carboxylic acid groups (broad SMARTS) is 2. The summed E-state index contributed by atoms with van der Waals surface area (Å²) in [6, 6.07) is 4.60. The molecule has 41 heavy (non-hydrogen) atoms. The fourth-order valence-corrected chi connectivity index (χ4v) is 6.13. The van der Waals surface area contributed by atoms with Crippen molar-refractivity contribution in [3.05, 3.63) is 58.5 Å². The quantitative estimate of drug-likeness (QED) is 0.0704. The first-order valence-electron chi connectivity index (χ1n) is 11.9. The van der Waals surface area contributed by atoms with Gasteiger partial charge in [0.15, 0.2) is 17.0 Å². The van der Waals surface area contributed by atoms with Crippen molar-refractivity contribution in [1.29, 1.82) is 0 Å². The van der Waals surface area contributed by atoms with Crippen LogP contribution in [0.3, 0.4) is 0 Å². The number of carbonyl (C=O) groups is 4. The Bertz CT molecular complexity index is 1620. The van der Waals surface area contributed by atoms with Crippen LogP contribution in [-0.4, -0.2) is 107 Å². The Hall–Kier alpha value is -3.44. The Kier molecular flexibility index (Phi) is 8.79. The topological polar surface area (TPSA) is 204 Å². The number of nitrogens with two attached hydrogens (primary N) is 1. The number of aromatic nitrogens is 3. The molecule has 5 rings (SSSR count). The SMILES string of the molecule is CC(C)(O/N=C(\C(=O)N[C@@H]1C(=O)N2C(C(=O)O)=C(Cc3c[nH][n+]4ccccc34)CS[C@H]12)c1csc(N)n1)C(=O)O.[NaH]. The van der Waals surface area contributed by atoms with E-state index in [4.69, 9.17) is 10.6 Å². The average molecular weight is 611 g/mol. The van der Waals surface area contributed by atoms with Crippen molar-refractivity contribution in [2.45, 2.75) is 37.3 Å². The molecule has 0 aromatic carbocycles. The molecule has 5 heterocycles. The zero-order valence-electron chi connectivity index (χ0n) is 21.2. The number of thioether (sulfide) groups is 1. The van der Waals surface area contributed by atoms with E-state index >= 15 is 0 Å². The molecule has 14 nitrogen and oxygen atoms in total.